The number of fused-ring (bicyclic) bond motifs is 1. The highest BCUT2D eigenvalue weighted by molar-refractivity contribution is 6.34. The highest BCUT2D eigenvalue weighted by Gasteiger charge is 2.25. The summed E-state index contributed by atoms with van der Waals surface area (Å²) in [5.41, 5.74) is 6.42. The molecule has 3 rings (SSSR count). The molecule has 7 heteroatoms. The Morgan fingerprint density at radius 2 is 2.18 bits per heavy atom. The summed E-state index contributed by atoms with van der Waals surface area (Å²) in [5, 5.41) is 13.6. The first kappa shape index (κ1) is 10.1. The molecule has 0 bridgehead atoms. The third-order valence-electron chi connectivity index (χ3n) is 2.47. The summed E-state index contributed by atoms with van der Waals surface area (Å²) in [6.45, 7) is 0.0665. The third-order valence-corrected chi connectivity index (χ3v) is 2.82. The van der Waals surface area contributed by atoms with Crippen LogP contribution in [0.2, 0.25) is 5.02 Å². The molecule has 1 aromatic heterocycles. The molecule has 0 radical (unpaired) electrons. The molecule has 0 atom stereocenters. The Morgan fingerprint density at radius 3 is 2.88 bits per heavy atom. The molecule has 0 unspecified atom stereocenters. The number of hydrogen-bond acceptors (Lipinski definition) is 6. The maximum Gasteiger partial charge on any atom is 0.231 e. The van der Waals surface area contributed by atoms with E-state index >= 15 is 0 Å². The van der Waals surface area contributed by atoms with Gasteiger partial charge in [0, 0.05) is 5.56 Å². The van der Waals surface area contributed by atoms with Crippen molar-refractivity contribution in [3.05, 3.63) is 17.3 Å². The summed E-state index contributed by atoms with van der Waals surface area (Å²) < 4.78 is 15.1. The average molecular weight is 255 g/mol. The molecular formula is C10H7ClN2O4. The number of nitrogens with two attached hydrogens (primary N) is 1. The van der Waals surface area contributed by atoms with Gasteiger partial charge < -0.3 is 24.8 Å². The van der Waals surface area contributed by atoms with E-state index in [2.05, 4.69) is 5.16 Å². The first-order chi connectivity index (χ1) is 8.18. The van der Waals surface area contributed by atoms with Crippen molar-refractivity contribution in [3.8, 4) is 28.4 Å². The number of nitrogens with zero attached hydrogens (tertiary/aromatic N) is 1. The highest BCUT2D eigenvalue weighted by atomic mass is 35.5. The number of aromatic nitrogens is 1. The van der Waals surface area contributed by atoms with Crippen LogP contribution in [0.1, 0.15) is 0 Å². The van der Waals surface area contributed by atoms with Crippen LogP contribution in [-0.4, -0.2) is 17.1 Å². The molecule has 0 spiro atoms. The Bertz CT molecular complexity index is 596. The van der Waals surface area contributed by atoms with Crippen molar-refractivity contribution in [1.82, 2.24) is 5.16 Å². The van der Waals surface area contributed by atoms with E-state index in [0.29, 0.717) is 22.6 Å². The number of aromatic hydroxyl groups is 1. The standard InChI is InChI=1S/C10H7ClN2O4/c11-7-8(14)4(5-2-13-17-10(5)12)1-6-9(7)16-3-15-6/h1-2,14H,3,12H2. The molecule has 1 aliphatic heterocycles. The Morgan fingerprint density at radius 1 is 1.35 bits per heavy atom. The number of halogens is 1. The van der Waals surface area contributed by atoms with Crippen LogP contribution in [0.25, 0.3) is 11.1 Å². The monoisotopic (exact) mass is 254 g/mol. The number of nitrogen functional groups attached to an aromatic ring is 1. The van der Waals surface area contributed by atoms with Crippen LogP contribution in [0.5, 0.6) is 17.2 Å². The van der Waals surface area contributed by atoms with Gasteiger partial charge in [-0.25, -0.2) is 0 Å². The predicted octanol–water partition coefficient (Wildman–Crippen LogP) is 2.01. The maximum absolute atomic E-state index is 9.97. The van der Waals surface area contributed by atoms with Crippen molar-refractivity contribution in [3.63, 3.8) is 0 Å². The van der Waals surface area contributed by atoms with Gasteiger partial charge in [0.2, 0.25) is 12.7 Å². The predicted molar refractivity (Wildman–Crippen MR) is 59.1 cm³/mol. The van der Waals surface area contributed by atoms with Gasteiger partial charge in [-0.2, -0.15) is 0 Å². The second-order valence-electron chi connectivity index (χ2n) is 3.42. The maximum atomic E-state index is 9.97. The largest absolute Gasteiger partial charge is 0.506 e. The van der Waals surface area contributed by atoms with E-state index in [4.69, 9.17) is 31.3 Å². The Labute approximate surface area is 100 Å². The van der Waals surface area contributed by atoms with Crippen LogP contribution in [0.15, 0.2) is 16.8 Å². The minimum atomic E-state index is -0.147. The van der Waals surface area contributed by atoms with Crippen LogP contribution in [0.3, 0.4) is 0 Å². The number of benzene rings is 1. The Hall–Kier alpha value is -2.08. The van der Waals surface area contributed by atoms with Gasteiger partial charge in [-0.3, -0.25) is 0 Å². The molecule has 0 saturated carbocycles. The minimum Gasteiger partial charge on any atom is -0.506 e. The number of rotatable bonds is 1. The molecule has 0 fully saturated rings. The molecule has 6 nitrogen and oxygen atoms in total. The third kappa shape index (κ3) is 1.38. The van der Waals surface area contributed by atoms with Crippen molar-refractivity contribution >= 4 is 17.5 Å². The molecule has 1 aliphatic rings. The normalized spacial score (nSPS) is 13.0. The van der Waals surface area contributed by atoms with Gasteiger partial charge in [0.05, 0.1) is 11.8 Å². The van der Waals surface area contributed by atoms with E-state index < -0.39 is 0 Å². The second-order valence-corrected chi connectivity index (χ2v) is 3.80. The van der Waals surface area contributed by atoms with Gasteiger partial charge in [-0.15, -0.1) is 0 Å². The second kappa shape index (κ2) is 3.46. The lowest BCUT2D eigenvalue weighted by Gasteiger charge is -2.07. The molecule has 0 saturated heterocycles. The summed E-state index contributed by atoms with van der Waals surface area (Å²) in [7, 11) is 0. The SMILES string of the molecule is Nc1oncc1-c1cc2c(c(Cl)c1O)OCO2. The van der Waals surface area contributed by atoms with Crippen molar-refractivity contribution in [2.45, 2.75) is 0 Å². The molecule has 0 amide bonds. The van der Waals surface area contributed by atoms with Gasteiger partial charge in [0.25, 0.3) is 0 Å². The van der Waals surface area contributed by atoms with Crippen LogP contribution in [0.4, 0.5) is 5.88 Å². The first-order valence-corrected chi connectivity index (χ1v) is 5.08. The molecule has 3 N–H and O–H groups in total. The Balaban J connectivity index is 2.25. The molecule has 2 aromatic rings. The summed E-state index contributed by atoms with van der Waals surface area (Å²) in [6.07, 6.45) is 1.39. The molecular weight excluding hydrogens is 248 g/mol. The molecule has 17 heavy (non-hydrogen) atoms. The summed E-state index contributed by atoms with van der Waals surface area (Å²) in [6, 6.07) is 1.58. The lowest BCUT2D eigenvalue weighted by molar-refractivity contribution is 0.174. The van der Waals surface area contributed by atoms with Crippen molar-refractivity contribution in [1.29, 1.82) is 0 Å². The number of phenolic OH excluding ortho intramolecular Hbond substituents is 1. The summed E-state index contributed by atoms with van der Waals surface area (Å²) in [5.74, 6) is 0.715. The Kier molecular flexibility index (Phi) is 2.05. The number of hydrogen-bond donors (Lipinski definition) is 2. The fourth-order valence-corrected chi connectivity index (χ4v) is 1.90. The van der Waals surface area contributed by atoms with Gasteiger partial charge in [0.1, 0.15) is 10.8 Å². The van der Waals surface area contributed by atoms with Crippen LogP contribution < -0.4 is 15.2 Å². The highest BCUT2D eigenvalue weighted by Crippen LogP contribution is 2.49. The zero-order valence-corrected chi connectivity index (χ0v) is 9.19. The van der Waals surface area contributed by atoms with E-state index in [1.165, 1.54) is 6.20 Å². The van der Waals surface area contributed by atoms with Gasteiger partial charge in [0.15, 0.2) is 11.5 Å². The molecule has 88 valence electrons. The van der Waals surface area contributed by atoms with Crippen LogP contribution in [0, 0.1) is 0 Å². The van der Waals surface area contributed by atoms with E-state index in [-0.39, 0.29) is 23.4 Å². The number of anilines is 1. The van der Waals surface area contributed by atoms with E-state index in [1.807, 2.05) is 0 Å². The van der Waals surface area contributed by atoms with Crippen LogP contribution >= 0.6 is 11.6 Å². The van der Waals surface area contributed by atoms with E-state index in [1.54, 1.807) is 6.07 Å². The van der Waals surface area contributed by atoms with Gasteiger partial charge >= 0.3 is 0 Å². The first-order valence-electron chi connectivity index (χ1n) is 4.70. The minimum absolute atomic E-state index is 0.0665. The zero-order chi connectivity index (χ0) is 12.0. The lowest BCUT2D eigenvalue weighted by Crippen LogP contribution is -1.93. The smallest absolute Gasteiger partial charge is 0.231 e. The zero-order valence-electron chi connectivity index (χ0n) is 8.44. The van der Waals surface area contributed by atoms with E-state index in [9.17, 15) is 5.11 Å². The molecule has 2 heterocycles. The number of ether oxygens (including phenoxy) is 2. The van der Waals surface area contributed by atoms with Crippen molar-refractivity contribution in [2.75, 3.05) is 12.5 Å². The van der Waals surface area contributed by atoms with E-state index in [0.717, 1.165) is 0 Å². The van der Waals surface area contributed by atoms with Crippen LogP contribution in [-0.2, 0) is 0 Å². The van der Waals surface area contributed by atoms with Crippen molar-refractivity contribution in [2.24, 2.45) is 0 Å². The number of phenols is 1. The fraction of sp³-hybridized carbons (Fsp3) is 0.100. The molecule has 0 aliphatic carbocycles. The topological polar surface area (TPSA) is 90.7 Å². The van der Waals surface area contributed by atoms with Gasteiger partial charge in [-0.1, -0.05) is 16.8 Å². The average Bonchev–Trinajstić information content (AvgIpc) is 2.92. The molecule has 1 aromatic carbocycles. The van der Waals surface area contributed by atoms with Gasteiger partial charge in [-0.05, 0) is 6.07 Å². The summed E-state index contributed by atoms with van der Waals surface area (Å²) >= 11 is 5.97. The quantitative estimate of drug-likeness (QED) is 0.809. The van der Waals surface area contributed by atoms with Crippen molar-refractivity contribution < 1.29 is 19.1 Å². The summed E-state index contributed by atoms with van der Waals surface area (Å²) in [4.78, 5) is 0. The lowest BCUT2D eigenvalue weighted by atomic mass is 10.1. The fourth-order valence-electron chi connectivity index (χ4n) is 1.65.